The van der Waals surface area contributed by atoms with Crippen LogP contribution in [0.5, 0.6) is 40.2 Å². The van der Waals surface area contributed by atoms with Crippen molar-refractivity contribution < 1.29 is 88.3 Å². The van der Waals surface area contributed by atoms with E-state index >= 15 is 0 Å². The van der Waals surface area contributed by atoms with Gasteiger partial charge < -0.3 is 78.7 Å². The molecule has 3 aliphatic rings. The van der Waals surface area contributed by atoms with Crippen molar-refractivity contribution in [1.29, 1.82) is 0 Å². The van der Waals surface area contributed by atoms with Crippen molar-refractivity contribution in [3.05, 3.63) is 71.3 Å². The first-order valence-electron chi connectivity index (χ1n) is 16.9. The fraction of sp³-hybridized carbons (Fsp3) is 0.405. The zero-order valence-electron chi connectivity index (χ0n) is 29.4. The standard InChI is InChI=1S/C37H40O18/c1-48-25-9-17(10-26(49-2)30(25)43)3-8-28(42)51-20-11-21(40)29-22(41)13-23(53-24(29)12-20)18-4-6-19(7-5-18)52-35-33(32(45)31(44)27(14-38)54-35)55-36-34(46)37(47,15-39)16-50-36/h3-12,23,27,31-36,38-40,43-47H,13-16H2,1-2H3. The lowest BCUT2D eigenvalue weighted by Gasteiger charge is -2.42. The van der Waals surface area contributed by atoms with Crippen LogP contribution in [0.3, 0.4) is 0 Å². The summed E-state index contributed by atoms with van der Waals surface area (Å²) in [6.45, 7) is -2.02. The SMILES string of the molecule is COc1cc(C=CC(=O)Oc2cc(O)c3c(c2)OC(c2ccc(OC4OC(CO)C(O)C(O)C4OC4OCC(O)(CO)C4O)cc2)CC3=O)cc(OC)c1O. The highest BCUT2D eigenvalue weighted by molar-refractivity contribution is 6.03. The number of rotatable bonds is 12. The Balaban J connectivity index is 1.14. The molecule has 0 spiro atoms. The van der Waals surface area contributed by atoms with Crippen LogP contribution >= 0.6 is 0 Å². The summed E-state index contributed by atoms with van der Waals surface area (Å²) in [7, 11) is 2.72. The van der Waals surface area contributed by atoms with Crippen LogP contribution in [0.1, 0.15) is 34.0 Å². The second kappa shape index (κ2) is 16.4. The van der Waals surface area contributed by atoms with Crippen molar-refractivity contribution in [1.82, 2.24) is 0 Å². The number of hydrogen-bond donors (Lipinski definition) is 8. The topological polar surface area (TPSA) is 270 Å². The van der Waals surface area contributed by atoms with Crippen molar-refractivity contribution in [3.8, 4) is 40.2 Å². The predicted molar refractivity (Wildman–Crippen MR) is 184 cm³/mol. The summed E-state index contributed by atoms with van der Waals surface area (Å²) in [5, 5.41) is 82.0. The molecule has 0 amide bonds. The van der Waals surface area contributed by atoms with E-state index in [0.717, 1.165) is 12.1 Å². The van der Waals surface area contributed by atoms with Gasteiger partial charge in [0.1, 0.15) is 64.7 Å². The maximum atomic E-state index is 13.1. The summed E-state index contributed by atoms with van der Waals surface area (Å²) in [6, 6.07) is 11.5. The monoisotopic (exact) mass is 772 g/mol. The lowest BCUT2D eigenvalue weighted by atomic mass is 9.95. The number of carbonyl (C=O) groups is 2. The molecule has 9 atom stereocenters. The van der Waals surface area contributed by atoms with Crippen LogP contribution in [0.15, 0.2) is 54.6 Å². The van der Waals surface area contributed by atoms with E-state index < -0.39 is 92.1 Å². The smallest absolute Gasteiger partial charge is 0.336 e. The molecule has 9 unspecified atom stereocenters. The van der Waals surface area contributed by atoms with Gasteiger partial charge in [0.2, 0.25) is 12.0 Å². The number of aromatic hydroxyl groups is 2. The van der Waals surface area contributed by atoms with E-state index in [2.05, 4.69) is 0 Å². The van der Waals surface area contributed by atoms with E-state index in [-0.39, 0.29) is 46.5 Å². The predicted octanol–water partition coefficient (Wildman–Crippen LogP) is 0.0839. The molecule has 8 N–H and O–H groups in total. The molecule has 0 aromatic heterocycles. The van der Waals surface area contributed by atoms with Crippen LogP contribution in [0.25, 0.3) is 6.08 Å². The lowest BCUT2D eigenvalue weighted by molar-refractivity contribution is -0.318. The summed E-state index contributed by atoms with van der Waals surface area (Å²) in [5.41, 5.74) is -1.17. The zero-order valence-corrected chi connectivity index (χ0v) is 29.4. The molecule has 6 rings (SSSR count). The number of phenolic OH excluding ortho intramolecular Hbond substituents is 2. The highest BCUT2D eigenvalue weighted by atomic mass is 16.8. The number of benzene rings is 3. The number of ketones is 1. The minimum atomic E-state index is -2.03. The highest BCUT2D eigenvalue weighted by Crippen LogP contribution is 2.43. The van der Waals surface area contributed by atoms with Gasteiger partial charge in [-0.2, -0.15) is 0 Å². The molecule has 3 aliphatic heterocycles. The number of esters is 1. The fourth-order valence-electron chi connectivity index (χ4n) is 6.24. The second-order valence-corrected chi connectivity index (χ2v) is 13.0. The molecule has 18 heteroatoms. The first-order valence-corrected chi connectivity index (χ1v) is 16.9. The minimum absolute atomic E-state index is 0.0380. The third kappa shape index (κ3) is 8.18. The van der Waals surface area contributed by atoms with E-state index in [1.54, 1.807) is 12.1 Å². The van der Waals surface area contributed by atoms with Gasteiger partial charge in [-0.1, -0.05) is 12.1 Å². The molecule has 0 saturated carbocycles. The number of ether oxygens (including phenoxy) is 8. The Kier molecular flexibility index (Phi) is 11.8. The number of aliphatic hydroxyl groups excluding tert-OH is 5. The number of hydrogen-bond acceptors (Lipinski definition) is 18. The van der Waals surface area contributed by atoms with E-state index in [1.807, 2.05) is 0 Å². The molecule has 3 aromatic rings. The van der Waals surface area contributed by atoms with Gasteiger partial charge in [0, 0.05) is 18.2 Å². The summed E-state index contributed by atoms with van der Waals surface area (Å²) in [5.74, 6) is -1.71. The zero-order chi connectivity index (χ0) is 39.6. The van der Waals surface area contributed by atoms with Crippen LogP contribution in [0, 0.1) is 0 Å². The number of fused-ring (bicyclic) bond motifs is 1. The quantitative estimate of drug-likeness (QED) is 0.0688. The largest absolute Gasteiger partial charge is 0.507 e. The number of Topliss-reactive ketones (excluding diaryl/α,β-unsaturated/α-hetero) is 1. The van der Waals surface area contributed by atoms with E-state index in [0.29, 0.717) is 11.1 Å². The van der Waals surface area contributed by atoms with Gasteiger partial charge in [-0.05, 0) is 41.5 Å². The van der Waals surface area contributed by atoms with Gasteiger partial charge >= 0.3 is 5.97 Å². The molecule has 55 heavy (non-hydrogen) atoms. The fourth-order valence-corrected chi connectivity index (χ4v) is 6.24. The van der Waals surface area contributed by atoms with Crippen LogP contribution in [-0.4, -0.2) is 135 Å². The van der Waals surface area contributed by atoms with Crippen molar-refractivity contribution in [2.45, 2.75) is 61.2 Å². The Bertz CT molecular complexity index is 1870. The number of carbonyl (C=O) groups excluding carboxylic acids is 2. The Morgan fingerprint density at radius 2 is 1.64 bits per heavy atom. The lowest BCUT2D eigenvalue weighted by Crippen LogP contribution is -2.62. The maximum Gasteiger partial charge on any atom is 0.336 e. The van der Waals surface area contributed by atoms with Crippen LogP contribution in [-0.2, 0) is 19.0 Å². The van der Waals surface area contributed by atoms with Crippen molar-refractivity contribution >= 4 is 17.8 Å². The van der Waals surface area contributed by atoms with Gasteiger partial charge in [0.25, 0.3) is 0 Å². The molecule has 2 fully saturated rings. The molecular formula is C37H40O18. The second-order valence-electron chi connectivity index (χ2n) is 13.0. The van der Waals surface area contributed by atoms with Gasteiger partial charge in [0.05, 0.1) is 40.5 Å². The Labute approximate surface area is 312 Å². The van der Waals surface area contributed by atoms with Crippen LogP contribution in [0.2, 0.25) is 0 Å². The molecule has 2 saturated heterocycles. The number of aliphatic hydroxyl groups is 6. The number of methoxy groups -OCH3 is 2. The van der Waals surface area contributed by atoms with E-state index in [9.17, 15) is 50.4 Å². The molecule has 0 bridgehead atoms. The summed E-state index contributed by atoms with van der Waals surface area (Å²) >= 11 is 0. The first-order chi connectivity index (χ1) is 26.3. The van der Waals surface area contributed by atoms with Crippen molar-refractivity contribution in [2.75, 3.05) is 34.0 Å². The van der Waals surface area contributed by atoms with Gasteiger partial charge in [0.15, 0.2) is 29.7 Å². The van der Waals surface area contributed by atoms with Crippen LogP contribution < -0.4 is 23.7 Å². The van der Waals surface area contributed by atoms with Gasteiger partial charge in [-0.3, -0.25) is 4.79 Å². The number of phenols is 2. The third-order valence-electron chi connectivity index (χ3n) is 9.31. The van der Waals surface area contributed by atoms with Crippen molar-refractivity contribution in [2.24, 2.45) is 0 Å². The molecule has 0 aliphatic carbocycles. The highest BCUT2D eigenvalue weighted by Gasteiger charge is 2.53. The third-order valence-corrected chi connectivity index (χ3v) is 9.31. The normalized spacial score (nSPS) is 29.1. The summed E-state index contributed by atoms with van der Waals surface area (Å²) in [6.07, 6.45) is -9.40. The van der Waals surface area contributed by atoms with Crippen LogP contribution in [0.4, 0.5) is 0 Å². The molecule has 0 radical (unpaired) electrons. The maximum absolute atomic E-state index is 13.1. The average Bonchev–Trinajstić information content (AvgIpc) is 3.46. The molecular weight excluding hydrogens is 732 g/mol. The first kappa shape index (κ1) is 39.7. The molecule has 3 heterocycles. The summed E-state index contributed by atoms with van der Waals surface area (Å²) < 4.78 is 44.2. The Morgan fingerprint density at radius 1 is 0.945 bits per heavy atom. The van der Waals surface area contributed by atoms with E-state index in [1.165, 1.54) is 50.6 Å². The average molecular weight is 773 g/mol. The summed E-state index contributed by atoms with van der Waals surface area (Å²) in [4.78, 5) is 25.8. The molecule has 18 nitrogen and oxygen atoms in total. The van der Waals surface area contributed by atoms with Gasteiger partial charge in [-0.25, -0.2) is 4.79 Å². The molecule has 3 aromatic carbocycles. The van der Waals surface area contributed by atoms with E-state index in [4.69, 9.17) is 37.9 Å². The Morgan fingerprint density at radius 3 is 2.25 bits per heavy atom. The van der Waals surface area contributed by atoms with Crippen molar-refractivity contribution in [3.63, 3.8) is 0 Å². The molecule has 296 valence electrons. The van der Waals surface area contributed by atoms with Gasteiger partial charge in [-0.15, -0.1) is 0 Å². The minimum Gasteiger partial charge on any atom is -0.507 e. The Hall–Kier alpha value is -5.02.